The van der Waals surface area contributed by atoms with Crippen LogP contribution in [0.2, 0.25) is 0 Å². The molecule has 23 heavy (non-hydrogen) atoms. The van der Waals surface area contributed by atoms with Gasteiger partial charge in [-0.25, -0.2) is 5.48 Å². The predicted molar refractivity (Wildman–Crippen MR) is 82.5 cm³/mol. The SMILES string of the molecule is CC[C@@H](C)[C@H](N)C(=O)N[C@H]1CCC(=O)N(CC(=O)NO)C1=O.Cl. The van der Waals surface area contributed by atoms with Crippen LogP contribution in [-0.4, -0.2) is 52.4 Å². The van der Waals surface area contributed by atoms with Crippen molar-refractivity contribution in [3.8, 4) is 0 Å². The molecule has 9 nitrogen and oxygen atoms in total. The third-order valence-electron chi connectivity index (χ3n) is 3.81. The fourth-order valence-electron chi connectivity index (χ4n) is 2.10. The van der Waals surface area contributed by atoms with Gasteiger partial charge in [-0.15, -0.1) is 12.4 Å². The van der Waals surface area contributed by atoms with Gasteiger partial charge in [-0.1, -0.05) is 20.3 Å². The molecular weight excluding hydrogens is 328 g/mol. The van der Waals surface area contributed by atoms with Crippen molar-refractivity contribution in [1.82, 2.24) is 15.7 Å². The van der Waals surface area contributed by atoms with E-state index in [0.717, 1.165) is 4.90 Å². The van der Waals surface area contributed by atoms with Gasteiger partial charge in [0.05, 0.1) is 6.04 Å². The fraction of sp³-hybridized carbons (Fsp3) is 0.692. The number of hydrogen-bond donors (Lipinski definition) is 4. The number of nitrogens with two attached hydrogens (primary N) is 1. The number of nitrogens with one attached hydrogen (secondary N) is 2. The number of halogens is 1. The van der Waals surface area contributed by atoms with Gasteiger partial charge in [0.15, 0.2) is 0 Å². The number of imide groups is 1. The lowest BCUT2D eigenvalue weighted by molar-refractivity contribution is -0.154. The van der Waals surface area contributed by atoms with Crippen molar-refractivity contribution >= 4 is 36.0 Å². The number of nitrogens with zero attached hydrogens (tertiary/aromatic N) is 1. The van der Waals surface area contributed by atoms with Crippen molar-refractivity contribution in [3.05, 3.63) is 0 Å². The number of rotatable bonds is 6. The molecule has 132 valence electrons. The zero-order valence-corrected chi connectivity index (χ0v) is 13.9. The van der Waals surface area contributed by atoms with E-state index >= 15 is 0 Å². The maximum absolute atomic E-state index is 12.2. The first-order chi connectivity index (χ1) is 10.3. The van der Waals surface area contributed by atoms with Crippen molar-refractivity contribution in [3.63, 3.8) is 0 Å². The average Bonchev–Trinajstić information content (AvgIpc) is 2.52. The number of amides is 4. The normalized spacial score (nSPS) is 20.3. The summed E-state index contributed by atoms with van der Waals surface area (Å²) in [6.07, 6.45) is 0.899. The number of piperidine rings is 1. The zero-order valence-electron chi connectivity index (χ0n) is 13.1. The molecule has 4 amide bonds. The Morgan fingerprint density at radius 1 is 1.43 bits per heavy atom. The fourth-order valence-corrected chi connectivity index (χ4v) is 2.10. The summed E-state index contributed by atoms with van der Waals surface area (Å²) in [6.45, 7) is 3.14. The van der Waals surface area contributed by atoms with Crippen LogP contribution in [0.3, 0.4) is 0 Å². The first kappa shape index (κ1) is 21.3. The van der Waals surface area contributed by atoms with Crippen LogP contribution in [0.25, 0.3) is 0 Å². The van der Waals surface area contributed by atoms with Gasteiger partial charge in [0, 0.05) is 6.42 Å². The van der Waals surface area contributed by atoms with Crippen LogP contribution in [0.4, 0.5) is 0 Å². The van der Waals surface area contributed by atoms with E-state index < -0.39 is 42.3 Å². The minimum Gasteiger partial charge on any atom is -0.343 e. The second-order valence-corrected chi connectivity index (χ2v) is 5.36. The monoisotopic (exact) mass is 350 g/mol. The standard InChI is InChI=1S/C13H22N4O5.ClH/c1-3-7(2)11(14)12(20)15-8-4-5-10(19)17(13(8)21)6-9(18)16-22;/h7-8,11,22H,3-6,14H2,1-2H3,(H,15,20)(H,16,18);1H/t7-,8+,11+;/m1./s1. The average molecular weight is 351 g/mol. The van der Waals surface area contributed by atoms with Crippen molar-refractivity contribution < 1.29 is 24.4 Å². The zero-order chi connectivity index (χ0) is 16.9. The molecule has 1 aliphatic heterocycles. The molecule has 10 heteroatoms. The van der Waals surface area contributed by atoms with E-state index in [2.05, 4.69) is 5.32 Å². The number of hydrogen-bond acceptors (Lipinski definition) is 6. The minimum atomic E-state index is -0.896. The molecule has 1 aliphatic rings. The molecule has 1 saturated heterocycles. The van der Waals surface area contributed by atoms with Gasteiger partial charge in [0.1, 0.15) is 12.6 Å². The molecule has 0 saturated carbocycles. The number of likely N-dealkylation sites (tertiary alicyclic amines) is 1. The summed E-state index contributed by atoms with van der Waals surface area (Å²) in [6, 6.07) is -1.64. The third-order valence-corrected chi connectivity index (χ3v) is 3.81. The highest BCUT2D eigenvalue weighted by atomic mass is 35.5. The molecule has 0 aromatic carbocycles. The summed E-state index contributed by atoms with van der Waals surface area (Å²) < 4.78 is 0. The maximum atomic E-state index is 12.2. The lowest BCUT2D eigenvalue weighted by Gasteiger charge is -2.31. The minimum absolute atomic E-state index is 0. The van der Waals surface area contributed by atoms with Crippen LogP contribution in [0, 0.1) is 5.92 Å². The van der Waals surface area contributed by atoms with Crippen LogP contribution >= 0.6 is 12.4 Å². The molecule has 0 radical (unpaired) electrons. The van der Waals surface area contributed by atoms with Gasteiger partial charge in [-0.2, -0.15) is 0 Å². The van der Waals surface area contributed by atoms with Crippen molar-refractivity contribution in [2.24, 2.45) is 11.7 Å². The van der Waals surface area contributed by atoms with Gasteiger partial charge >= 0.3 is 0 Å². The quantitative estimate of drug-likeness (QED) is 0.273. The van der Waals surface area contributed by atoms with Crippen LogP contribution in [-0.2, 0) is 19.2 Å². The molecular formula is C13H23ClN4O5. The lowest BCUT2D eigenvalue weighted by atomic mass is 9.98. The van der Waals surface area contributed by atoms with E-state index in [4.69, 9.17) is 10.9 Å². The van der Waals surface area contributed by atoms with E-state index in [1.54, 1.807) is 0 Å². The Hall–Kier alpha value is -1.71. The lowest BCUT2D eigenvalue weighted by Crippen LogP contribution is -2.58. The summed E-state index contributed by atoms with van der Waals surface area (Å²) in [4.78, 5) is 47.7. The Kier molecular flexibility index (Phi) is 8.73. The first-order valence-corrected chi connectivity index (χ1v) is 7.14. The molecule has 5 N–H and O–H groups in total. The van der Waals surface area contributed by atoms with E-state index in [1.165, 1.54) is 5.48 Å². The Bertz CT molecular complexity index is 473. The Morgan fingerprint density at radius 3 is 2.57 bits per heavy atom. The smallest absolute Gasteiger partial charge is 0.263 e. The van der Waals surface area contributed by atoms with E-state index in [0.29, 0.717) is 6.42 Å². The molecule has 0 unspecified atom stereocenters. The summed E-state index contributed by atoms with van der Waals surface area (Å²) in [5.74, 6) is -2.59. The van der Waals surface area contributed by atoms with Gasteiger partial charge in [0.2, 0.25) is 11.8 Å². The van der Waals surface area contributed by atoms with Crippen molar-refractivity contribution in [2.75, 3.05) is 6.54 Å². The van der Waals surface area contributed by atoms with Gasteiger partial charge in [0.25, 0.3) is 11.8 Å². The van der Waals surface area contributed by atoms with Crippen LogP contribution in [0.5, 0.6) is 0 Å². The molecule has 0 bridgehead atoms. The number of hydroxylamine groups is 1. The van der Waals surface area contributed by atoms with E-state index in [-0.39, 0.29) is 31.2 Å². The predicted octanol–water partition coefficient (Wildman–Crippen LogP) is -1.08. The molecule has 1 rings (SSSR count). The molecule has 1 heterocycles. The third kappa shape index (κ3) is 5.45. The molecule has 3 atom stereocenters. The largest absolute Gasteiger partial charge is 0.343 e. The topological polar surface area (TPSA) is 142 Å². The molecule has 0 aromatic heterocycles. The molecule has 1 fully saturated rings. The van der Waals surface area contributed by atoms with E-state index in [9.17, 15) is 19.2 Å². The van der Waals surface area contributed by atoms with Crippen LogP contribution in [0.15, 0.2) is 0 Å². The van der Waals surface area contributed by atoms with Crippen molar-refractivity contribution in [1.29, 1.82) is 0 Å². The highest BCUT2D eigenvalue weighted by Gasteiger charge is 2.37. The molecule has 0 aromatic rings. The second kappa shape index (κ2) is 9.43. The summed E-state index contributed by atoms with van der Waals surface area (Å²) in [5, 5.41) is 11.0. The Labute approximate surface area is 140 Å². The van der Waals surface area contributed by atoms with Crippen molar-refractivity contribution in [2.45, 2.75) is 45.2 Å². The molecule has 0 spiro atoms. The number of carbonyl (C=O) groups is 4. The van der Waals surface area contributed by atoms with Gasteiger partial charge < -0.3 is 11.1 Å². The highest BCUT2D eigenvalue weighted by Crippen LogP contribution is 2.14. The summed E-state index contributed by atoms with van der Waals surface area (Å²) in [5.41, 5.74) is 7.15. The Morgan fingerprint density at radius 2 is 2.04 bits per heavy atom. The van der Waals surface area contributed by atoms with Crippen LogP contribution < -0.4 is 16.5 Å². The van der Waals surface area contributed by atoms with Gasteiger partial charge in [-0.3, -0.25) is 29.3 Å². The second-order valence-electron chi connectivity index (χ2n) is 5.36. The maximum Gasteiger partial charge on any atom is 0.263 e. The van der Waals surface area contributed by atoms with Gasteiger partial charge in [-0.05, 0) is 12.3 Å². The first-order valence-electron chi connectivity index (χ1n) is 7.14. The number of carbonyl (C=O) groups excluding carboxylic acids is 4. The summed E-state index contributed by atoms with van der Waals surface area (Å²) >= 11 is 0. The highest BCUT2D eigenvalue weighted by molar-refractivity contribution is 6.04. The van der Waals surface area contributed by atoms with Crippen LogP contribution in [0.1, 0.15) is 33.1 Å². The molecule has 0 aliphatic carbocycles. The summed E-state index contributed by atoms with van der Waals surface area (Å²) in [7, 11) is 0. The Balaban J connectivity index is 0.00000484. The van der Waals surface area contributed by atoms with E-state index in [1.807, 2.05) is 13.8 Å².